The third kappa shape index (κ3) is 4.01. The first-order chi connectivity index (χ1) is 11.9. The number of rotatable bonds is 3. The van der Waals surface area contributed by atoms with E-state index in [0.717, 1.165) is 12.1 Å². The number of carbonyl (C=O) groups is 1. The summed E-state index contributed by atoms with van der Waals surface area (Å²) >= 11 is 3.36. The molecule has 5 nitrogen and oxygen atoms in total. The number of nitrogens with one attached hydrogen (secondary N) is 2. The molecule has 0 bridgehead atoms. The SMILES string of the molecule is C[C@@H](NC(=O)Nc1cc2c(cc1Br)OCCO2)c1ccc(F)c(F)c1. The third-order valence-corrected chi connectivity index (χ3v) is 4.33. The summed E-state index contributed by atoms with van der Waals surface area (Å²) in [5.74, 6) is -0.751. The Labute approximate surface area is 151 Å². The first kappa shape index (κ1) is 17.5. The van der Waals surface area contributed by atoms with Crippen molar-refractivity contribution in [1.82, 2.24) is 5.32 Å². The van der Waals surface area contributed by atoms with Gasteiger partial charge in [-0.05, 0) is 40.5 Å². The van der Waals surface area contributed by atoms with E-state index in [1.54, 1.807) is 19.1 Å². The van der Waals surface area contributed by atoms with Gasteiger partial charge in [0.15, 0.2) is 23.1 Å². The molecule has 25 heavy (non-hydrogen) atoms. The molecule has 0 unspecified atom stereocenters. The number of amides is 2. The van der Waals surface area contributed by atoms with Gasteiger partial charge in [-0.2, -0.15) is 0 Å². The number of benzene rings is 2. The monoisotopic (exact) mass is 412 g/mol. The Morgan fingerprint density at radius 1 is 1.12 bits per heavy atom. The average Bonchev–Trinajstić information content (AvgIpc) is 2.58. The summed E-state index contributed by atoms with van der Waals surface area (Å²) in [5, 5.41) is 5.35. The maximum Gasteiger partial charge on any atom is 0.319 e. The Kier molecular flexibility index (Phi) is 5.08. The molecule has 0 aromatic heterocycles. The van der Waals surface area contributed by atoms with Crippen molar-refractivity contribution in [2.24, 2.45) is 0 Å². The summed E-state index contributed by atoms with van der Waals surface area (Å²) in [6, 6.07) is 5.87. The van der Waals surface area contributed by atoms with E-state index in [2.05, 4.69) is 26.6 Å². The van der Waals surface area contributed by atoms with Crippen molar-refractivity contribution in [2.45, 2.75) is 13.0 Å². The van der Waals surface area contributed by atoms with Crippen LogP contribution in [0.1, 0.15) is 18.5 Å². The molecule has 2 N–H and O–H groups in total. The van der Waals surface area contributed by atoms with Crippen molar-refractivity contribution in [2.75, 3.05) is 18.5 Å². The zero-order valence-corrected chi connectivity index (χ0v) is 14.8. The predicted octanol–water partition coefficient (Wildman–Crippen LogP) is 4.38. The molecule has 0 spiro atoms. The van der Waals surface area contributed by atoms with Crippen LogP contribution in [-0.2, 0) is 0 Å². The van der Waals surface area contributed by atoms with Crippen molar-refractivity contribution >= 4 is 27.6 Å². The van der Waals surface area contributed by atoms with Crippen molar-refractivity contribution in [3.8, 4) is 11.5 Å². The van der Waals surface area contributed by atoms with Gasteiger partial charge in [0.25, 0.3) is 0 Å². The highest BCUT2D eigenvalue weighted by atomic mass is 79.9. The lowest BCUT2D eigenvalue weighted by Crippen LogP contribution is -2.31. The van der Waals surface area contributed by atoms with E-state index in [0.29, 0.717) is 40.4 Å². The fourth-order valence-corrected chi connectivity index (χ4v) is 2.80. The fraction of sp³-hybridized carbons (Fsp3) is 0.235. The summed E-state index contributed by atoms with van der Waals surface area (Å²) in [5.41, 5.74) is 0.953. The molecule has 0 fully saturated rings. The van der Waals surface area contributed by atoms with Crippen molar-refractivity contribution in [3.05, 3.63) is 52.0 Å². The van der Waals surface area contributed by atoms with Crippen LogP contribution in [0.3, 0.4) is 0 Å². The molecule has 2 amide bonds. The highest BCUT2D eigenvalue weighted by Gasteiger charge is 2.17. The lowest BCUT2D eigenvalue weighted by Gasteiger charge is -2.20. The number of hydrogen-bond donors (Lipinski definition) is 2. The van der Waals surface area contributed by atoms with Crippen molar-refractivity contribution < 1.29 is 23.0 Å². The van der Waals surface area contributed by atoms with Gasteiger partial charge in [-0.1, -0.05) is 6.07 Å². The minimum Gasteiger partial charge on any atom is -0.486 e. The molecule has 132 valence electrons. The Morgan fingerprint density at radius 2 is 1.80 bits per heavy atom. The van der Waals surface area contributed by atoms with Crippen LogP contribution in [-0.4, -0.2) is 19.2 Å². The number of hydrogen-bond acceptors (Lipinski definition) is 3. The lowest BCUT2D eigenvalue weighted by atomic mass is 10.1. The van der Waals surface area contributed by atoms with Gasteiger partial charge >= 0.3 is 6.03 Å². The second-order valence-corrected chi connectivity index (χ2v) is 6.32. The van der Waals surface area contributed by atoms with Gasteiger partial charge in [-0.3, -0.25) is 0 Å². The molecular weight excluding hydrogens is 398 g/mol. The van der Waals surface area contributed by atoms with Gasteiger partial charge < -0.3 is 20.1 Å². The highest BCUT2D eigenvalue weighted by Crippen LogP contribution is 2.38. The van der Waals surface area contributed by atoms with E-state index in [9.17, 15) is 13.6 Å². The van der Waals surface area contributed by atoms with Crippen LogP contribution in [0, 0.1) is 11.6 Å². The minimum atomic E-state index is -0.957. The topological polar surface area (TPSA) is 59.6 Å². The van der Waals surface area contributed by atoms with Crippen LogP contribution >= 0.6 is 15.9 Å². The van der Waals surface area contributed by atoms with Crippen molar-refractivity contribution in [3.63, 3.8) is 0 Å². The van der Waals surface area contributed by atoms with E-state index >= 15 is 0 Å². The van der Waals surface area contributed by atoms with Crippen LogP contribution < -0.4 is 20.1 Å². The molecule has 1 atom stereocenters. The summed E-state index contributed by atoms with van der Waals surface area (Å²) in [4.78, 5) is 12.2. The summed E-state index contributed by atoms with van der Waals surface area (Å²) in [6.07, 6.45) is 0. The Balaban J connectivity index is 1.69. The number of ether oxygens (including phenoxy) is 2. The molecule has 1 aliphatic heterocycles. The Bertz CT molecular complexity index is 817. The second kappa shape index (κ2) is 7.26. The molecule has 3 rings (SSSR count). The van der Waals surface area contributed by atoms with E-state index < -0.39 is 23.7 Å². The molecular formula is C17H15BrF2N2O3. The zero-order valence-electron chi connectivity index (χ0n) is 13.2. The summed E-state index contributed by atoms with van der Waals surface area (Å²) < 4.78 is 37.9. The van der Waals surface area contributed by atoms with E-state index in [-0.39, 0.29) is 0 Å². The van der Waals surface area contributed by atoms with Gasteiger partial charge in [-0.15, -0.1) is 0 Å². The molecule has 0 aliphatic carbocycles. The standard InChI is InChI=1S/C17H15BrF2N2O3/c1-9(10-2-3-12(19)13(20)6-10)21-17(23)22-14-8-16-15(7-11(14)18)24-4-5-25-16/h2-3,6-9H,4-5H2,1H3,(H2,21,22,23)/t9-/m1/s1. The van der Waals surface area contributed by atoms with E-state index in [4.69, 9.17) is 9.47 Å². The van der Waals surface area contributed by atoms with Gasteiger partial charge in [0.1, 0.15) is 13.2 Å². The van der Waals surface area contributed by atoms with Crippen LogP contribution in [0.2, 0.25) is 0 Å². The summed E-state index contributed by atoms with van der Waals surface area (Å²) in [7, 11) is 0. The Hall–Kier alpha value is -2.35. The first-order valence-electron chi connectivity index (χ1n) is 7.55. The van der Waals surface area contributed by atoms with Gasteiger partial charge in [0, 0.05) is 16.6 Å². The molecule has 1 aliphatic rings. The molecule has 0 radical (unpaired) electrons. The molecule has 8 heteroatoms. The van der Waals surface area contributed by atoms with Crippen LogP contribution in [0.4, 0.5) is 19.3 Å². The fourth-order valence-electron chi connectivity index (χ4n) is 2.38. The van der Waals surface area contributed by atoms with Gasteiger partial charge in [0.05, 0.1) is 11.7 Å². The second-order valence-electron chi connectivity index (χ2n) is 5.47. The van der Waals surface area contributed by atoms with Gasteiger partial charge in [0.2, 0.25) is 0 Å². The van der Waals surface area contributed by atoms with Crippen LogP contribution in [0.25, 0.3) is 0 Å². The first-order valence-corrected chi connectivity index (χ1v) is 8.35. The molecule has 0 saturated carbocycles. The lowest BCUT2D eigenvalue weighted by molar-refractivity contribution is 0.171. The average molecular weight is 413 g/mol. The molecule has 0 saturated heterocycles. The number of urea groups is 1. The molecule has 2 aromatic rings. The summed E-state index contributed by atoms with van der Waals surface area (Å²) in [6.45, 7) is 2.58. The quantitative estimate of drug-likeness (QED) is 0.786. The van der Waals surface area contributed by atoms with Gasteiger partial charge in [-0.25, -0.2) is 13.6 Å². The van der Waals surface area contributed by atoms with E-state index in [1.807, 2.05) is 0 Å². The van der Waals surface area contributed by atoms with Crippen LogP contribution in [0.15, 0.2) is 34.8 Å². The number of carbonyl (C=O) groups excluding carboxylic acids is 1. The Morgan fingerprint density at radius 3 is 2.48 bits per heavy atom. The smallest absolute Gasteiger partial charge is 0.319 e. The normalized spacial score (nSPS) is 13.9. The highest BCUT2D eigenvalue weighted by molar-refractivity contribution is 9.10. The number of fused-ring (bicyclic) bond motifs is 1. The third-order valence-electron chi connectivity index (χ3n) is 3.67. The van der Waals surface area contributed by atoms with Crippen molar-refractivity contribution in [1.29, 1.82) is 0 Å². The predicted molar refractivity (Wildman–Crippen MR) is 92.1 cm³/mol. The minimum absolute atomic E-state index is 0.438. The van der Waals surface area contributed by atoms with Crippen LogP contribution in [0.5, 0.6) is 11.5 Å². The van der Waals surface area contributed by atoms with E-state index in [1.165, 1.54) is 6.07 Å². The zero-order chi connectivity index (χ0) is 18.0. The maximum atomic E-state index is 13.3. The number of halogens is 3. The maximum absolute atomic E-state index is 13.3. The number of anilines is 1. The largest absolute Gasteiger partial charge is 0.486 e. The molecule has 2 aromatic carbocycles. The molecule has 1 heterocycles.